The Kier molecular flexibility index (Phi) is 5.32. The summed E-state index contributed by atoms with van der Waals surface area (Å²) in [6.07, 6.45) is 1.76. The van der Waals surface area contributed by atoms with Crippen LogP contribution in [0.1, 0.15) is 51.6 Å². The number of hydrogen-bond donors (Lipinski definition) is 1. The van der Waals surface area contributed by atoms with Gasteiger partial charge in [-0.05, 0) is 18.9 Å². The molecule has 0 radical (unpaired) electrons. The van der Waals surface area contributed by atoms with Crippen LogP contribution in [0.5, 0.6) is 0 Å². The molecule has 0 saturated heterocycles. The fraction of sp³-hybridized carbons (Fsp3) is 0.846. The van der Waals surface area contributed by atoms with Crippen LogP contribution in [0, 0.1) is 5.41 Å². The zero-order chi connectivity index (χ0) is 15.6. The number of likely N-dealkylation sites (N-methyl/N-ethyl adjacent to an activating group) is 1. The van der Waals surface area contributed by atoms with Crippen molar-refractivity contribution in [2.45, 2.75) is 52.3 Å². The van der Waals surface area contributed by atoms with Crippen molar-refractivity contribution in [3.8, 4) is 0 Å². The minimum atomic E-state index is -3.21. The van der Waals surface area contributed by atoms with Gasteiger partial charge in [-0.1, -0.05) is 32.9 Å². The molecule has 0 aromatic carbocycles. The van der Waals surface area contributed by atoms with Crippen LogP contribution in [0.15, 0.2) is 4.52 Å². The molecule has 2 atom stereocenters. The van der Waals surface area contributed by atoms with E-state index in [0.29, 0.717) is 12.3 Å². The van der Waals surface area contributed by atoms with Crippen LogP contribution >= 0.6 is 0 Å². The van der Waals surface area contributed by atoms with Gasteiger partial charge in [-0.2, -0.15) is 4.98 Å². The fourth-order valence-corrected chi connectivity index (χ4v) is 2.29. The lowest BCUT2D eigenvalue weighted by Crippen LogP contribution is -2.41. The number of hydrogen-bond acceptors (Lipinski definition) is 6. The van der Waals surface area contributed by atoms with E-state index in [9.17, 15) is 8.42 Å². The number of nitrogens with zero attached hydrogens (tertiary/aromatic N) is 2. The Bertz CT molecular complexity index is 531. The molecule has 1 aromatic heterocycles. The Morgan fingerprint density at radius 2 is 1.95 bits per heavy atom. The molecule has 1 heterocycles. The van der Waals surface area contributed by atoms with Crippen molar-refractivity contribution >= 4 is 9.84 Å². The van der Waals surface area contributed by atoms with E-state index in [1.54, 1.807) is 6.92 Å². The molecular weight excluding hydrogens is 278 g/mol. The van der Waals surface area contributed by atoms with E-state index >= 15 is 0 Å². The van der Waals surface area contributed by atoms with E-state index in [4.69, 9.17) is 4.52 Å². The van der Waals surface area contributed by atoms with Gasteiger partial charge in [0.05, 0.1) is 0 Å². The maximum atomic E-state index is 11.5. The fourth-order valence-electron chi connectivity index (χ4n) is 1.81. The first kappa shape index (κ1) is 17.1. The summed E-state index contributed by atoms with van der Waals surface area (Å²) in [5, 5.41) is 6.44. The molecule has 1 rings (SSSR count). The molecule has 20 heavy (non-hydrogen) atoms. The highest BCUT2D eigenvalue weighted by Crippen LogP contribution is 2.23. The first-order chi connectivity index (χ1) is 9.05. The van der Waals surface area contributed by atoms with Gasteiger partial charge in [-0.25, -0.2) is 8.42 Å². The van der Waals surface area contributed by atoms with Crippen LogP contribution < -0.4 is 5.32 Å². The number of sulfone groups is 1. The number of nitrogens with one attached hydrogen (secondary N) is 1. The molecule has 0 fully saturated rings. The molecule has 0 aliphatic heterocycles. The molecular formula is C13H25N3O3S. The summed E-state index contributed by atoms with van der Waals surface area (Å²) in [6.45, 7) is 10.9. The Hall–Kier alpha value is -0.950. The lowest BCUT2D eigenvalue weighted by molar-refractivity contribution is 0.247. The van der Waals surface area contributed by atoms with E-state index in [1.165, 1.54) is 6.26 Å². The minimum absolute atomic E-state index is 0.0487. The monoisotopic (exact) mass is 303 g/mol. The zero-order valence-electron chi connectivity index (χ0n) is 13.1. The molecule has 2 unspecified atom stereocenters. The highest BCUT2D eigenvalue weighted by Gasteiger charge is 2.28. The largest absolute Gasteiger partial charge is 0.339 e. The summed E-state index contributed by atoms with van der Waals surface area (Å²) >= 11 is 0. The van der Waals surface area contributed by atoms with Crippen LogP contribution in [0.25, 0.3) is 0 Å². The summed E-state index contributed by atoms with van der Waals surface area (Å²) in [5.41, 5.74) is 0.0487. The van der Waals surface area contributed by atoms with Gasteiger partial charge < -0.3 is 9.84 Å². The topological polar surface area (TPSA) is 85.1 Å². The molecule has 0 aliphatic carbocycles. The van der Waals surface area contributed by atoms with Crippen LogP contribution in [0.4, 0.5) is 0 Å². The van der Waals surface area contributed by atoms with Crippen molar-refractivity contribution in [1.82, 2.24) is 15.5 Å². The maximum Gasteiger partial charge on any atom is 0.228 e. The standard InChI is InChI=1S/C13H25N3O3S/c1-7-14-10(13(3,4)5)8-11-15-12(16-19-11)9(2)20(6,17)18/h9-10,14H,7-8H2,1-6H3. The van der Waals surface area contributed by atoms with E-state index in [1.807, 2.05) is 6.92 Å². The average molecular weight is 303 g/mol. The van der Waals surface area contributed by atoms with Crippen molar-refractivity contribution < 1.29 is 12.9 Å². The molecule has 0 bridgehead atoms. The summed E-state index contributed by atoms with van der Waals surface area (Å²) < 4.78 is 28.2. The average Bonchev–Trinajstić information content (AvgIpc) is 2.73. The third-order valence-corrected chi connectivity index (χ3v) is 4.86. The first-order valence-corrected chi connectivity index (χ1v) is 8.76. The second-order valence-electron chi connectivity index (χ2n) is 6.20. The van der Waals surface area contributed by atoms with Crippen LogP contribution in [-0.2, 0) is 16.3 Å². The van der Waals surface area contributed by atoms with Crippen molar-refractivity contribution in [3.05, 3.63) is 11.7 Å². The lowest BCUT2D eigenvalue weighted by atomic mass is 9.84. The quantitative estimate of drug-likeness (QED) is 0.861. The van der Waals surface area contributed by atoms with E-state index in [-0.39, 0.29) is 17.3 Å². The molecule has 1 N–H and O–H groups in total. The molecule has 0 amide bonds. The van der Waals surface area contributed by atoms with Crippen LogP contribution in [0.3, 0.4) is 0 Å². The molecule has 7 heteroatoms. The van der Waals surface area contributed by atoms with Crippen molar-refractivity contribution in [2.75, 3.05) is 12.8 Å². The first-order valence-electron chi connectivity index (χ1n) is 6.80. The SMILES string of the molecule is CCNC(Cc1nc(C(C)S(C)(=O)=O)no1)C(C)(C)C. The van der Waals surface area contributed by atoms with Crippen LogP contribution in [0.2, 0.25) is 0 Å². The predicted octanol–water partition coefficient (Wildman–Crippen LogP) is 1.74. The summed E-state index contributed by atoms with van der Waals surface area (Å²) in [4.78, 5) is 4.22. The van der Waals surface area contributed by atoms with Gasteiger partial charge in [0.25, 0.3) is 0 Å². The Labute approximate surface area is 121 Å². The molecule has 0 aliphatic rings. The van der Waals surface area contributed by atoms with Crippen molar-refractivity contribution in [2.24, 2.45) is 5.41 Å². The summed E-state index contributed by atoms with van der Waals surface area (Å²) in [7, 11) is -3.21. The number of aromatic nitrogens is 2. The van der Waals surface area contributed by atoms with Crippen molar-refractivity contribution in [3.63, 3.8) is 0 Å². The Morgan fingerprint density at radius 1 is 1.35 bits per heavy atom. The molecule has 0 saturated carbocycles. The van der Waals surface area contributed by atoms with E-state index in [2.05, 4.69) is 36.2 Å². The summed E-state index contributed by atoms with van der Waals surface area (Å²) in [5.74, 6) is 0.697. The molecule has 1 aromatic rings. The van der Waals surface area contributed by atoms with E-state index in [0.717, 1.165) is 6.54 Å². The molecule has 0 spiro atoms. The van der Waals surface area contributed by atoms with Gasteiger partial charge >= 0.3 is 0 Å². The van der Waals surface area contributed by atoms with Gasteiger partial charge in [0.15, 0.2) is 15.7 Å². The second kappa shape index (κ2) is 6.22. The van der Waals surface area contributed by atoms with Crippen LogP contribution in [-0.4, -0.2) is 37.4 Å². The zero-order valence-corrected chi connectivity index (χ0v) is 13.9. The molecule has 116 valence electrons. The summed E-state index contributed by atoms with van der Waals surface area (Å²) in [6, 6.07) is 0.189. The second-order valence-corrected chi connectivity index (χ2v) is 8.56. The Balaban J connectivity index is 2.87. The smallest absolute Gasteiger partial charge is 0.228 e. The predicted molar refractivity (Wildman–Crippen MR) is 78.2 cm³/mol. The lowest BCUT2D eigenvalue weighted by Gasteiger charge is -2.30. The number of rotatable bonds is 6. The molecule has 6 nitrogen and oxygen atoms in total. The highest BCUT2D eigenvalue weighted by atomic mass is 32.2. The van der Waals surface area contributed by atoms with Gasteiger partial charge in [-0.15, -0.1) is 0 Å². The maximum absolute atomic E-state index is 11.5. The van der Waals surface area contributed by atoms with Gasteiger partial charge in [0.1, 0.15) is 5.25 Å². The van der Waals surface area contributed by atoms with Crippen molar-refractivity contribution in [1.29, 1.82) is 0 Å². The third kappa shape index (κ3) is 4.56. The van der Waals surface area contributed by atoms with Gasteiger partial charge in [0, 0.05) is 18.7 Å². The highest BCUT2D eigenvalue weighted by molar-refractivity contribution is 7.90. The normalized spacial score (nSPS) is 16.1. The van der Waals surface area contributed by atoms with Gasteiger partial charge in [0.2, 0.25) is 5.89 Å². The third-order valence-electron chi connectivity index (χ3n) is 3.36. The minimum Gasteiger partial charge on any atom is -0.339 e. The van der Waals surface area contributed by atoms with Gasteiger partial charge in [-0.3, -0.25) is 0 Å². The Morgan fingerprint density at radius 3 is 2.40 bits per heavy atom. The van der Waals surface area contributed by atoms with E-state index < -0.39 is 15.1 Å².